The molecule has 0 bridgehead atoms. The predicted octanol–water partition coefficient (Wildman–Crippen LogP) is 16.3. The molecule has 0 amide bonds. The van der Waals surface area contributed by atoms with Crippen LogP contribution in [0.4, 0.5) is 17.1 Å². The Bertz CT molecular complexity index is 3690. The first-order chi connectivity index (χ1) is 31.7. The van der Waals surface area contributed by atoms with Crippen molar-refractivity contribution in [2.45, 2.75) is 31.1 Å². The van der Waals surface area contributed by atoms with Crippen molar-refractivity contribution in [1.29, 1.82) is 0 Å². The van der Waals surface area contributed by atoms with Gasteiger partial charge in [-0.2, -0.15) is 0 Å². The number of hydrogen-bond acceptors (Lipinski definition) is 2. The van der Waals surface area contributed by atoms with E-state index in [1.807, 2.05) is 6.07 Å². The Morgan fingerprint density at radius 2 is 1.08 bits per heavy atom. The largest absolute Gasteiger partial charge is 0.455 e. The summed E-state index contributed by atoms with van der Waals surface area (Å²) in [5.74, 6) is 2.79. The molecule has 64 heavy (non-hydrogen) atoms. The fourth-order valence-electron chi connectivity index (χ4n) is 14.3. The van der Waals surface area contributed by atoms with Crippen LogP contribution in [0.3, 0.4) is 0 Å². The summed E-state index contributed by atoms with van der Waals surface area (Å²) in [5, 5.41) is 7.37. The summed E-state index contributed by atoms with van der Waals surface area (Å²) in [6.45, 7) is 0. The standard InChI is InChI=1S/C61H44N2O/c1-2-13-41-33-57-52(32-40(41)12-1)49-15-4-8-21-55(49)63(57)54-20-7-3-14-47(54)38-24-28-45(29-25-38)62(56-22-9-6-19-53(56)60-36-43-34-42-35-44(37-60)61(42,43)60)46-30-26-39(27-31-46)48-17-11-18-51-50-16-5-10-23-58(50)64-59(48)51/h1-33,42-44H,34-37H2/t42?,43-,44?,60?,61?/m1/s1. The van der Waals surface area contributed by atoms with E-state index in [4.69, 9.17) is 4.42 Å². The summed E-state index contributed by atoms with van der Waals surface area (Å²) < 4.78 is 8.98. The van der Waals surface area contributed by atoms with Gasteiger partial charge in [0.05, 0.1) is 16.7 Å². The fourth-order valence-corrected chi connectivity index (χ4v) is 14.3. The Hall–Kier alpha value is -7.36. The van der Waals surface area contributed by atoms with Gasteiger partial charge in [0.25, 0.3) is 0 Å². The van der Waals surface area contributed by atoms with Gasteiger partial charge in [-0.3, -0.25) is 0 Å². The van der Waals surface area contributed by atoms with E-state index in [-0.39, 0.29) is 0 Å². The van der Waals surface area contributed by atoms with Gasteiger partial charge in [-0.05, 0) is 137 Å². The smallest absolute Gasteiger partial charge is 0.143 e. The minimum absolute atomic E-state index is 0.307. The minimum Gasteiger partial charge on any atom is -0.455 e. The fraction of sp³-hybridized carbons (Fsp3) is 0.148. The third kappa shape index (κ3) is 4.42. The van der Waals surface area contributed by atoms with Gasteiger partial charge < -0.3 is 13.9 Å². The lowest BCUT2D eigenvalue weighted by Crippen LogP contribution is -2.87. The van der Waals surface area contributed by atoms with E-state index in [0.717, 1.165) is 56.5 Å². The maximum absolute atomic E-state index is 6.51. The molecule has 4 saturated carbocycles. The molecule has 5 atom stereocenters. The highest BCUT2D eigenvalue weighted by Crippen LogP contribution is 2.93. The van der Waals surface area contributed by atoms with Crippen molar-refractivity contribution in [2.24, 2.45) is 23.2 Å². The third-order valence-electron chi connectivity index (χ3n) is 16.8. The highest BCUT2D eigenvalue weighted by molar-refractivity contribution is 6.14. The molecule has 11 aromatic rings. The van der Waals surface area contributed by atoms with Gasteiger partial charge in [-0.25, -0.2) is 0 Å². The molecule has 0 aliphatic heterocycles. The Balaban J connectivity index is 0.868. The first-order valence-corrected chi connectivity index (χ1v) is 23.2. The van der Waals surface area contributed by atoms with E-state index < -0.39 is 0 Å². The highest BCUT2D eigenvalue weighted by Gasteiger charge is 2.88. The molecule has 15 rings (SSSR count). The van der Waals surface area contributed by atoms with Gasteiger partial charge in [-0.15, -0.1) is 0 Å². The van der Waals surface area contributed by atoms with Crippen molar-refractivity contribution in [3.8, 4) is 27.9 Å². The summed E-state index contributed by atoms with van der Waals surface area (Å²) in [4.78, 5) is 2.55. The van der Waals surface area contributed by atoms with Crippen LogP contribution in [-0.2, 0) is 5.41 Å². The Morgan fingerprint density at radius 1 is 0.469 bits per heavy atom. The number of fused-ring (bicyclic) bond motifs is 7. The average Bonchev–Trinajstić information content (AvgIpc) is 3.86. The molecule has 4 aliphatic rings. The zero-order chi connectivity index (χ0) is 41.7. The van der Waals surface area contributed by atoms with Gasteiger partial charge in [0.15, 0.2) is 0 Å². The molecule has 0 saturated heterocycles. The van der Waals surface area contributed by atoms with Crippen LogP contribution >= 0.6 is 0 Å². The second kappa shape index (κ2) is 12.6. The van der Waals surface area contributed by atoms with Crippen molar-refractivity contribution in [3.05, 3.63) is 206 Å². The third-order valence-corrected chi connectivity index (χ3v) is 16.8. The van der Waals surface area contributed by atoms with Crippen LogP contribution in [0.5, 0.6) is 0 Å². The first kappa shape index (κ1) is 35.1. The van der Waals surface area contributed by atoms with Crippen molar-refractivity contribution in [1.82, 2.24) is 4.57 Å². The average molecular weight is 821 g/mol. The van der Waals surface area contributed by atoms with E-state index in [0.29, 0.717) is 10.8 Å². The van der Waals surface area contributed by atoms with Gasteiger partial charge in [0.1, 0.15) is 11.2 Å². The van der Waals surface area contributed by atoms with E-state index in [1.165, 1.54) is 86.5 Å². The molecule has 9 aromatic carbocycles. The van der Waals surface area contributed by atoms with Gasteiger partial charge in [0.2, 0.25) is 0 Å². The van der Waals surface area contributed by atoms with Gasteiger partial charge in [-0.1, -0.05) is 140 Å². The van der Waals surface area contributed by atoms with E-state index >= 15 is 0 Å². The molecule has 304 valence electrons. The number of benzene rings is 9. The number of para-hydroxylation sites is 5. The molecule has 4 fully saturated rings. The molecule has 2 heterocycles. The number of hydrogen-bond donors (Lipinski definition) is 0. The van der Waals surface area contributed by atoms with Gasteiger partial charge in [0, 0.05) is 55.1 Å². The summed E-state index contributed by atoms with van der Waals surface area (Å²) in [5.41, 5.74) is 16.2. The minimum atomic E-state index is 0.307. The summed E-state index contributed by atoms with van der Waals surface area (Å²) >= 11 is 0. The summed E-state index contributed by atoms with van der Waals surface area (Å²) in [6, 6.07) is 74.1. The Kier molecular flexibility index (Phi) is 6.94. The lowest BCUT2D eigenvalue weighted by molar-refractivity contribution is -0.395. The number of aromatic nitrogens is 1. The summed E-state index contributed by atoms with van der Waals surface area (Å²) in [7, 11) is 0. The van der Waals surface area contributed by atoms with Crippen LogP contribution in [0.2, 0.25) is 0 Å². The quantitative estimate of drug-likeness (QED) is 0.160. The second-order valence-electron chi connectivity index (χ2n) is 19.3. The lowest BCUT2D eigenvalue weighted by atomic mass is 9.12. The molecule has 1 spiro atoms. The number of nitrogens with zero attached hydrogens (tertiary/aromatic N) is 2. The second-order valence-corrected chi connectivity index (χ2v) is 19.3. The van der Waals surface area contributed by atoms with Crippen molar-refractivity contribution in [3.63, 3.8) is 0 Å². The van der Waals surface area contributed by atoms with E-state index in [1.54, 1.807) is 5.56 Å². The normalized spacial score (nSPS) is 22.7. The number of furan rings is 1. The first-order valence-electron chi connectivity index (χ1n) is 23.2. The van der Waals surface area contributed by atoms with Crippen LogP contribution in [-0.4, -0.2) is 4.57 Å². The summed E-state index contributed by atoms with van der Waals surface area (Å²) in [6.07, 6.45) is 5.61. The molecular formula is C61H44N2O. The zero-order valence-corrected chi connectivity index (χ0v) is 35.4. The SMILES string of the molecule is c1ccc(-n2c3ccccc3c3cc4ccccc4cc32)c(-c2ccc(N(c3ccc(-c4cccc5c4oc4ccccc45)cc3)c3ccccc3C34CC5CC6C[C@H](C3)C654)cc2)c1. The van der Waals surface area contributed by atoms with Crippen LogP contribution in [0.1, 0.15) is 31.2 Å². The molecule has 4 aliphatic carbocycles. The van der Waals surface area contributed by atoms with Crippen molar-refractivity contribution < 1.29 is 4.42 Å². The van der Waals surface area contributed by atoms with Crippen molar-refractivity contribution in [2.75, 3.05) is 4.90 Å². The van der Waals surface area contributed by atoms with Crippen molar-refractivity contribution >= 4 is 71.6 Å². The monoisotopic (exact) mass is 820 g/mol. The van der Waals surface area contributed by atoms with Crippen LogP contribution in [0, 0.1) is 23.2 Å². The molecule has 3 heteroatoms. The maximum Gasteiger partial charge on any atom is 0.143 e. The number of anilines is 3. The van der Waals surface area contributed by atoms with E-state index in [2.05, 4.69) is 204 Å². The highest BCUT2D eigenvalue weighted by atomic mass is 16.3. The molecule has 4 unspecified atom stereocenters. The van der Waals surface area contributed by atoms with Crippen LogP contribution < -0.4 is 4.90 Å². The number of rotatable bonds is 7. The molecule has 0 radical (unpaired) electrons. The maximum atomic E-state index is 6.51. The van der Waals surface area contributed by atoms with Gasteiger partial charge >= 0.3 is 0 Å². The van der Waals surface area contributed by atoms with E-state index in [9.17, 15) is 0 Å². The van der Waals surface area contributed by atoms with Crippen LogP contribution in [0.25, 0.3) is 82.5 Å². The molecule has 3 nitrogen and oxygen atoms in total. The Morgan fingerprint density at radius 3 is 1.84 bits per heavy atom. The lowest BCUT2D eigenvalue weighted by Gasteiger charge is -2.91. The Labute approximate surface area is 371 Å². The topological polar surface area (TPSA) is 21.3 Å². The molecule has 2 aromatic heterocycles. The predicted molar refractivity (Wildman–Crippen MR) is 264 cm³/mol. The molecule has 0 N–H and O–H groups in total. The molecular weight excluding hydrogens is 777 g/mol. The van der Waals surface area contributed by atoms with Crippen LogP contribution in [0.15, 0.2) is 205 Å². The zero-order valence-electron chi connectivity index (χ0n) is 35.4.